The quantitative estimate of drug-likeness (QED) is 0.589. The van der Waals surface area contributed by atoms with Gasteiger partial charge in [0.1, 0.15) is 5.82 Å². The van der Waals surface area contributed by atoms with Gasteiger partial charge in [0.15, 0.2) is 11.5 Å². The lowest BCUT2D eigenvalue weighted by Gasteiger charge is -2.05. The molecule has 6 nitrogen and oxygen atoms in total. The molecule has 0 unspecified atom stereocenters. The number of benzene rings is 1. The molecule has 0 aliphatic heterocycles. The minimum atomic E-state index is -0.558. The van der Waals surface area contributed by atoms with E-state index in [9.17, 15) is 9.18 Å². The van der Waals surface area contributed by atoms with Crippen molar-refractivity contribution in [3.63, 3.8) is 0 Å². The number of carbonyl (C=O) groups is 1. The lowest BCUT2D eigenvalue weighted by Crippen LogP contribution is -2.16. The number of hydrazine groups is 1. The number of nitrogens with zero attached hydrogens (tertiary/aromatic N) is 2. The molecule has 0 aliphatic carbocycles. The first-order chi connectivity index (χ1) is 9.10. The fourth-order valence-corrected chi connectivity index (χ4v) is 1.48. The Kier molecular flexibility index (Phi) is 3.88. The van der Waals surface area contributed by atoms with E-state index in [-0.39, 0.29) is 10.7 Å². The summed E-state index contributed by atoms with van der Waals surface area (Å²) in [6.07, 6.45) is 0. The van der Waals surface area contributed by atoms with Crippen LogP contribution in [0.15, 0.2) is 30.3 Å². The Bertz CT molecular complexity index is 605. The summed E-state index contributed by atoms with van der Waals surface area (Å²) >= 11 is 5.61. The summed E-state index contributed by atoms with van der Waals surface area (Å²) in [4.78, 5) is 11.8. The molecule has 2 aromatic rings. The molecule has 2 rings (SSSR count). The van der Waals surface area contributed by atoms with Gasteiger partial charge in [0.25, 0.3) is 5.91 Å². The number of halogens is 2. The molecular weight excluding hydrogens is 273 g/mol. The van der Waals surface area contributed by atoms with Gasteiger partial charge >= 0.3 is 0 Å². The van der Waals surface area contributed by atoms with Crippen LogP contribution in [0.4, 0.5) is 15.9 Å². The first kappa shape index (κ1) is 13.2. The Morgan fingerprint density at radius 1 is 1.26 bits per heavy atom. The summed E-state index contributed by atoms with van der Waals surface area (Å²) in [7, 11) is 0. The van der Waals surface area contributed by atoms with E-state index in [0.717, 1.165) is 6.07 Å². The number of nitrogens with two attached hydrogens (primary N) is 1. The average molecular weight is 282 g/mol. The monoisotopic (exact) mass is 281 g/mol. The zero-order valence-corrected chi connectivity index (χ0v) is 10.3. The SMILES string of the molecule is NNc1ccc(C(=O)Nc2ccc(F)c(Cl)c2)nn1. The van der Waals surface area contributed by atoms with E-state index in [2.05, 4.69) is 20.9 Å². The molecule has 4 N–H and O–H groups in total. The van der Waals surface area contributed by atoms with Crippen LogP contribution in [0.3, 0.4) is 0 Å². The van der Waals surface area contributed by atoms with Crippen LogP contribution in [0.25, 0.3) is 0 Å². The molecule has 0 saturated heterocycles. The smallest absolute Gasteiger partial charge is 0.276 e. The number of nitrogen functional groups attached to an aromatic ring is 1. The van der Waals surface area contributed by atoms with Crippen LogP contribution in [0.1, 0.15) is 10.5 Å². The Labute approximate surface area is 112 Å². The second kappa shape index (κ2) is 5.59. The van der Waals surface area contributed by atoms with Gasteiger partial charge in [-0.25, -0.2) is 10.2 Å². The van der Waals surface area contributed by atoms with Crippen LogP contribution in [-0.4, -0.2) is 16.1 Å². The highest BCUT2D eigenvalue weighted by atomic mass is 35.5. The van der Waals surface area contributed by atoms with Crippen LogP contribution in [0.2, 0.25) is 5.02 Å². The number of nitrogens with one attached hydrogen (secondary N) is 2. The molecule has 0 bridgehead atoms. The van der Waals surface area contributed by atoms with Crippen molar-refractivity contribution in [1.29, 1.82) is 0 Å². The summed E-state index contributed by atoms with van der Waals surface area (Å²) in [6, 6.07) is 6.80. The predicted octanol–water partition coefficient (Wildman–Crippen LogP) is 1.81. The molecule has 1 aromatic carbocycles. The van der Waals surface area contributed by atoms with Crippen molar-refractivity contribution in [2.75, 3.05) is 10.7 Å². The minimum Gasteiger partial charge on any atom is -0.321 e. The molecule has 0 aliphatic rings. The number of rotatable bonds is 3. The Balaban J connectivity index is 2.13. The van der Waals surface area contributed by atoms with Crippen molar-refractivity contribution in [3.8, 4) is 0 Å². The third-order valence-electron chi connectivity index (χ3n) is 2.22. The summed E-state index contributed by atoms with van der Waals surface area (Å²) in [5.74, 6) is 4.42. The van der Waals surface area contributed by atoms with Gasteiger partial charge in [-0.05, 0) is 30.3 Å². The molecule has 1 heterocycles. The van der Waals surface area contributed by atoms with Crippen LogP contribution in [0, 0.1) is 5.82 Å². The van der Waals surface area contributed by atoms with Crippen molar-refractivity contribution < 1.29 is 9.18 Å². The number of amides is 1. The standard InChI is InChI=1S/C11H9ClFN5O/c12-7-5-6(1-2-8(7)13)15-11(19)9-3-4-10(16-14)18-17-9/h1-5H,14H2,(H,15,19)(H,16,18). The minimum absolute atomic E-state index is 0.0773. The molecule has 1 aromatic heterocycles. The van der Waals surface area contributed by atoms with Gasteiger partial charge in [0, 0.05) is 5.69 Å². The predicted molar refractivity (Wildman–Crippen MR) is 69.2 cm³/mol. The maximum absolute atomic E-state index is 13.0. The van der Waals surface area contributed by atoms with Gasteiger partial charge < -0.3 is 10.7 Å². The van der Waals surface area contributed by atoms with E-state index in [1.165, 1.54) is 24.3 Å². The number of carbonyl (C=O) groups excluding carboxylic acids is 1. The molecule has 0 atom stereocenters. The van der Waals surface area contributed by atoms with Crippen LogP contribution < -0.4 is 16.6 Å². The average Bonchev–Trinajstić information content (AvgIpc) is 2.43. The highest BCUT2D eigenvalue weighted by Crippen LogP contribution is 2.19. The Hall–Kier alpha value is -2.25. The van der Waals surface area contributed by atoms with Gasteiger partial charge in [-0.15, -0.1) is 10.2 Å². The molecule has 0 saturated carbocycles. The van der Waals surface area contributed by atoms with Crippen LogP contribution in [0.5, 0.6) is 0 Å². The number of hydrogen-bond donors (Lipinski definition) is 3. The second-order valence-corrected chi connectivity index (χ2v) is 3.94. The Morgan fingerprint density at radius 2 is 2.05 bits per heavy atom. The second-order valence-electron chi connectivity index (χ2n) is 3.53. The fraction of sp³-hybridized carbons (Fsp3) is 0. The molecule has 19 heavy (non-hydrogen) atoms. The maximum atomic E-state index is 13.0. The number of anilines is 2. The molecule has 1 amide bonds. The van der Waals surface area contributed by atoms with Crippen molar-refractivity contribution in [2.24, 2.45) is 5.84 Å². The normalized spacial score (nSPS) is 10.1. The van der Waals surface area contributed by atoms with Gasteiger partial charge in [-0.1, -0.05) is 11.6 Å². The Morgan fingerprint density at radius 3 is 2.63 bits per heavy atom. The first-order valence-corrected chi connectivity index (χ1v) is 5.54. The van der Waals surface area contributed by atoms with Crippen molar-refractivity contribution in [3.05, 3.63) is 46.9 Å². The van der Waals surface area contributed by atoms with Gasteiger partial charge in [-0.2, -0.15) is 0 Å². The van der Waals surface area contributed by atoms with Crippen LogP contribution in [-0.2, 0) is 0 Å². The van der Waals surface area contributed by atoms with E-state index >= 15 is 0 Å². The molecule has 0 spiro atoms. The third kappa shape index (κ3) is 3.15. The highest BCUT2D eigenvalue weighted by molar-refractivity contribution is 6.31. The van der Waals surface area contributed by atoms with E-state index in [1.54, 1.807) is 0 Å². The van der Waals surface area contributed by atoms with Crippen molar-refractivity contribution in [2.45, 2.75) is 0 Å². The topological polar surface area (TPSA) is 92.9 Å². The van der Waals surface area contributed by atoms with Crippen molar-refractivity contribution >= 4 is 29.0 Å². The maximum Gasteiger partial charge on any atom is 0.276 e. The zero-order chi connectivity index (χ0) is 13.8. The zero-order valence-electron chi connectivity index (χ0n) is 9.52. The third-order valence-corrected chi connectivity index (χ3v) is 2.51. The van der Waals surface area contributed by atoms with E-state index < -0.39 is 11.7 Å². The van der Waals surface area contributed by atoms with Crippen LogP contribution >= 0.6 is 11.6 Å². The first-order valence-electron chi connectivity index (χ1n) is 5.17. The summed E-state index contributed by atoms with van der Waals surface area (Å²) in [5, 5.41) is 9.77. The summed E-state index contributed by atoms with van der Waals surface area (Å²) < 4.78 is 13.0. The summed E-state index contributed by atoms with van der Waals surface area (Å²) in [5.41, 5.74) is 2.75. The molecular formula is C11H9ClFN5O. The largest absolute Gasteiger partial charge is 0.321 e. The van der Waals surface area contributed by atoms with Gasteiger partial charge in [-0.3, -0.25) is 4.79 Å². The van der Waals surface area contributed by atoms with Gasteiger partial charge in [0.2, 0.25) is 0 Å². The highest BCUT2D eigenvalue weighted by Gasteiger charge is 2.09. The number of aromatic nitrogens is 2. The molecule has 0 fully saturated rings. The van der Waals surface area contributed by atoms with E-state index in [4.69, 9.17) is 17.4 Å². The fourth-order valence-electron chi connectivity index (χ4n) is 1.30. The van der Waals surface area contributed by atoms with E-state index in [0.29, 0.717) is 11.5 Å². The van der Waals surface area contributed by atoms with E-state index in [1.807, 2.05) is 0 Å². The van der Waals surface area contributed by atoms with Crippen molar-refractivity contribution in [1.82, 2.24) is 10.2 Å². The lowest BCUT2D eigenvalue weighted by atomic mass is 10.3. The molecule has 98 valence electrons. The molecule has 8 heteroatoms. The number of hydrogen-bond acceptors (Lipinski definition) is 5. The summed E-state index contributed by atoms with van der Waals surface area (Å²) in [6.45, 7) is 0. The molecule has 0 radical (unpaired) electrons. The van der Waals surface area contributed by atoms with Gasteiger partial charge in [0.05, 0.1) is 5.02 Å². The lowest BCUT2D eigenvalue weighted by molar-refractivity contribution is 0.102.